The lowest BCUT2D eigenvalue weighted by molar-refractivity contribution is 0.101. The van der Waals surface area contributed by atoms with Gasteiger partial charge in [-0.25, -0.2) is 4.98 Å². The number of carbonyl (C=O) groups is 1. The molecule has 0 unspecified atom stereocenters. The molecule has 0 aliphatic carbocycles. The molecule has 0 saturated heterocycles. The van der Waals surface area contributed by atoms with Gasteiger partial charge >= 0.3 is 0 Å². The fraction of sp³-hybridized carbons (Fsp3) is 0.105. The second-order valence-corrected chi connectivity index (χ2v) is 5.75. The number of ether oxygens (including phenoxy) is 1. The molecule has 0 radical (unpaired) electrons. The first-order valence-corrected chi connectivity index (χ1v) is 8.04. The molecule has 0 fully saturated rings. The van der Waals surface area contributed by atoms with Crippen LogP contribution in [-0.2, 0) is 11.3 Å². The predicted molar refractivity (Wildman–Crippen MR) is 96.7 cm³/mol. The van der Waals surface area contributed by atoms with Gasteiger partial charge < -0.3 is 19.6 Å². The van der Waals surface area contributed by atoms with Crippen LogP contribution in [0.4, 0.5) is 5.69 Å². The average Bonchev–Trinajstić information content (AvgIpc) is 3.29. The molecular weight excluding hydrogens is 332 g/mol. The number of aromatic nitrogens is 3. The second-order valence-electron chi connectivity index (χ2n) is 5.75. The Hall–Kier alpha value is -3.45. The van der Waals surface area contributed by atoms with E-state index < -0.39 is 0 Å². The van der Waals surface area contributed by atoms with E-state index in [1.54, 1.807) is 13.2 Å². The summed E-state index contributed by atoms with van der Waals surface area (Å²) >= 11 is 0. The summed E-state index contributed by atoms with van der Waals surface area (Å²) in [4.78, 5) is 20.1. The lowest BCUT2D eigenvalue weighted by Crippen LogP contribution is -2.12. The molecule has 0 aliphatic heterocycles. The minimum absolute atomic E-state index is 0.207. The van der Waals surface area contributed by atoms with Crippen molar-refractivity contribution in [3.8, 4) is 11.4 Å². The maximum atomic E-state index is 12.2. The number of carbonyl (C=O) groups excluding carboxylic acids is 1. The van der Waals surface area contributed by atoms with E-state index >= 15 is 0 Å². The molecular formula is C19H16N4O3. The van der Waals surface area contributed by atoms with E-state index in [0.717, 1.165) is 22.4 Å². The third-order valence-corrected chi connectivity index (χ3v) is 3.88. The number of amides is 1. The Balaban J connectivity index is 1.49. The van der Waals surface area contributed by atoms with Gasteiger partial charge in [0.2, 0.25) is 0 Å². The summed E-state index contributed by atoms with van der Waals surface area (Å²) in [6, 6.07) is 16.8. The Kier molecular flexibility index (Phi) is 4.20. The van der Waals surface area contributed by atoms with Gasteiger partial charge in [-0.15, -0.1) is 0 Å². The summed E-state index contributed by atoms with van der Waals surface area (Å²) in [7, 11) is 1.55. The largest absolute Gasteiger partial charge is 0.377 e. The number of para-hydroxylation sites is 2. The number of fused-ring (bicyclic) bond motifs is 1. The second kappa shape index (κ2) is 6.81. The van der Waals surface area contributed by atoms with E-state index in [4.69, 9.17) is 9.26 Å². The van der Waals surface area contributed by atoms with Gasteiger partial charge in [-0.3, -0.25) is 4.79 Å². The topological polar surface area (TPSA) is 93.0 Å². The lowest BCUT2D eigenvalue weighted by Gasteiger charge is -2.03. The number of nitrogens with zero attached hydrogens (tertiary/aromatic N) is 2. The standard InChI is InChI=1S/C19H16N4O3/c1-25-11-14-10-17(23-26-14)19(24)20-13-8-6-12(7-9-13)18-21-15-4-2-3-5-16(15)22-18/h2-10H,11H2,1H3,(H,20,24)(H,21,22). The molecule has 26 heavy (non-hydrogen) atoms. The number of imidazole rings is 1. The molecule has 4 rings (SSSR count). The number of H-pyrrole nitrogens is 1. The number of nitrogens with one attached hydrogen (secondary N) is 2. The minimum Gasteiger partial charge on any atom is -0.377 e. The molecule has 0 aliphatic rings. The average molecular weight is 348 g/mol. The normalized spacial score (nSPS) is 11.0. The van der Waals surface area contributed by atoms with Crippen LogP contribution in [0.2, 0.25) is 0 Å². The maximum Gasteiger partial charge on any atom is 0.277 e. The maximum absolute atomic E-state index is 12.2. The Bertz CT molecular complexity index is 1020. The number of aromatic amines is 1. The smallest absolute Gasteiger partial charge is 0.277 e. The SMILES string of the molecule is COCc1cc(C(=O)Nc2ccc(-c3nc4ccccc4[nH]3)cc2)no1. The van der Waals surface area contributed by atoms with Gasteiger partial charge in [-0.05, 0) is 36.4 Å². The Morgan fingerprint density at radius 2 is 2.00 bits per heavy atom. The third-order valence-electron chi connectivity index (χ3n) is 3.88. The number of anilines is 1. The number of hydrogen-bond acceptors (Lipinski definition) is 5. The van der Waals surface area contributed by atoms with Crippen LogP contribution in [0.1, 0.15) is 16.2 Å². The fourth-order valence-corrected chi connectivity index (χ4v) is 2.63. The Morgan fingerprint density at radius 1 is 1.19 bits per heavy atom. The van der Waals surface area contributed by atoms with Gasteiger partial charge in [0.1, 0.15) is 12.4 Å². The van der Waals surface area contributed by atoms with Gasteiger partial charge in [0.25, 0.3) is 5.91 Å². The first-order chi connectivity index (χ1) is 12.7. The summed E-state index contributed by atoms with van der Waals surface area (Å²) < 4.78 is 9.96. The monoisotopic (exact) mass is 348 g/mol. The van der Waals surface area contributed by atoms with Crippen molar-refractivity contribution in [2.75, 3.05) is 12.4 Å². The Morgan fingerprint density at radius 3 is 2.77 bits per heavy atom. The van der Waals surface area contributed by atoms with Crippen LogP contribution in [0.3, 0.4) is 0 Å². The molecule has 4 aromatic rings. The molecule has 0 saturated carbocycles. The highest BCUT2D eigenvalue weighted by Gasteiger charge is 2.13. The lowest BCUT2D eigenvalue weighted by atomic mass is 10.2. The zero-order valence-electron chi connectivity index (χ0n) is 14.0. The predicted octanol–water partition coefficient (Wildman–Crippen LogP) is 3.62. The van der Waals surface area contributed by atoms with E-state index in [0.29, 0.717) is 11.4 Å². The number of benzene rings is 2. The van der Waals surface area contributed by atoms with Crippen molar-refractivity contribution in [1.29, 1.82) is 0 Å². The minimum atomic E-state index is -0.340. The van der Waals surface area contributed by atoms with Gasteiger partial charge in [-0.1, -0.05) is 17.3 Å². The van der Waals surface area contributed by atoms with Crippen LogP contribution >= 0.6 is 0 Å². The highest BCUT2D eigenvalue weighted by molar-refractivity contribution is 6.02. The molecule has 2 N–H and O–H groups in total. The first kappa shape index (κ1) is 16.0. The summed E-state index contributed by atoms with van der Waals surface area (Å²) in [5, 5.41) is 6.52. The molecule has 0 atom stereocenters. The van der Waals surface area contributed by atoms with E-state index in [-0.39, 0.29) is 18.2 Å². The fourth-order valence-electron chi connectivity index (χ4n) is 2.63. The van der Waals surface area contributed by atoms with Gasteiger partial charge in [0.05, 0.1) is 11.0 Å². The molecule has 0 bridgehead atoms. The van der Waals surface area contributed by atoms with E-state index in [1.807, 2.05) is 48.5 Å². The molecule has 2 heterocycles. The zero-order valence-corrected chi connectivity index (χ0v) is 14.0. The first-order valence-electron chi connectivity index (χ1n) is 8.04. The van der Waals surface area contributed by atoms with Crippen molar-refractivity contribution >= 4 is 22.6 Å². The van der Waals surface area contributed by atoms with Crippen LogP contribution in [0.15, 0.2) is 59.1 Å². The van der Waals surface area contributed by atoms with Crippen LogP contribution in [-0.4, -0.2) is 28.1 Å². The number of rotatable bonds is 5. The number of hydrogen-bond donors (Lipinski definition) is 2. The van der Waals surface area contributed by atoms with Crippen molar-refractivity contribution in [2.24, 2.45) is 0 Å². The molecule has 1 amide bonds. The van der Waals surface area contributed by atoms with Crippen LogP contribution < -0.4 is 5.32 Å². The third kappa shape index (κ3) is 3.20. The van der Waals surface area contributed by atoms with E-state index in [9.17, 15) is 4.79 Å². The zero-order chi connectivity index (χ0) is 17.9. The van der Waals surface area contributed by atoms with E-state index in [1.165, 1.54) is 0 Å². The molecule has 130 valence electrons. The van der Waals surface area contributed by atoms with Crippen molar-refractivity contribution in [2.45, 2.75) is 6.61 Å². The van der Waals surface area contributed by atoms with Crippen LogP contribution in [0.25, 0.3) is 22.4 Å². The van der Waals surface area contributed by atoms with Crippen LogP contribution in [0.5, 0.6) is 0 Å². The Labute approximate surface area is 149 Å². The quantitative estimate of drug-likeness (QED) is 0.575. The molecule has 0 spiro atoms. The highest BCUT2D eigenvalue weighted by atomic mass is 16.5. The summed E-state index contributed by atoms with van der Waals surface area (Å²) in [6.45, 7) is 0.270. The summed E-state index contributed by atoms with van der Waals surface area (Å²) in [5.74, 6) is 0.940. The highest BCUT2D eigenvalue weighted by Crippen LogP contribution is 2.22. The van der Waals surface area contributed by atoms with Crippen molar-refractivity contribution in [3.63, 3.8) is 0 Å². The van der Waals surface area contributed by atoms with Crippen molar-refractivity contribution < 1.29 is 14.1 Å². The molecule has 2 aromatic heterocycles. The summed E-state index contributed by atoms with van der Waals surface area (Å²) in [6.07, 6.45) is 0. The van der Waals surface area contributed by atoms with Crippen LogP contribution in [0, 0.1) is 0 Å². The van der Waals surface area contributed by atoms with Crippen molar-refractivity contribution in [1.82, 2.24) is 15.1 Å². The summed E-state index contributed by atoms with van der Waals surface area (Å²) in [5.41, 5.74) is 3.70. The van der Waals surface area contributed by atoms with E-state index in [2.05, 4.69) is 20.4 Å². The van der Waals surface area contributed by atoms with Gasteiger partial charge in [-0.2, -0.15) is 0 Å². The van der Waals surface area contributed by atoms with Crippen molar-refractivity contribution in [3.05, 3.63) is 66.1 Å². The molecule has 2 aromatic carbocycles. The van der Waals surface area contributed by atoms with Gasteiger partial charge in [0, 0.05) is 24.4 Å². The van der Waals surface area contributed by atoms with Gasteiger partial charge in [0.15, 0.2) is 11.5 Å². The molecule has 7 nitrogen and oxygen atoms in total. The number of methoxy groups -OCH3 is 1. The molecule has 7 heteroatoms.